The van der Waals surface area contributed by atoms with E-state index in [0.29, 0.717) is 5.75 Å². The molecule has 1 aromatic rings. The first-order chi connectivity index (χ1) is 7.74. The summed E-state index contributed by atoms with van der Waals surface area (Å²) in [5, 5.41) is 15.7. The minimum Gasteiger partial charge on any atom is -0.486 e. The van der Waals surface area contributed by atoms with Crippen LogP contribution < -0.4 is 10.1 Å². The Hall–Kier alpha value is -1.56. The quantitative estimate of drug-likeness (QED) is 0.760. The van der Waals surface area contributed by atoms with Gasteiger partial charge in [0.05, 0.1) is 12.4 Å². The van der Waals surface area contributed by atoms with Crippen LogP contribution in [0.2, 0.25) is 0 Å². The number of nitrogens with zero attached hydrogens (tertiary/aromatic N) is 2. The monoisotopic (exact) mass is 225 g/mol. The zero-order chi connectivity index (χ0) is 11.4. The lowest BCUT2D eigenvalue weighted by Gasteiger charge is -2.22. The van der Waals surface area contributed by atoms with E-state index in [9.17, 15) is 4.79 Å². The molecule has 1 fully saturated rings. The number of rotatable bonds is 4. The van der Waals surface area contributed by atoms with E-state index in [4.69, 9.17) is 9.84 Å². The first-order valence-electron chi connectivity index (χ1n) is 5.35. The second-order valence-corrected chi connectivity index (χ2v) is 3.85. The lowest BCUT2D eigenvalue weighted by Crippen LogP contribution is -2.37. The highest BCUT2D eigenvalue weighted by molar-refractivity contribution is 5.66. The largest absolute Gasteiger partial charge is 0.486 e. The predicted molar refractivity (Wildman–Crippen MR) is 56.4 cm³/mol. The molecule has 16 heavy (non-hydrogen) atoms. The van der Waals surface area contributed by atoms with E-state index < -0.39 is 5.97 Å². The van der Waals surface area contributed by atoms with Crippen LogP contribution >= 0.6 is 0 Å². The molecule has 1 aromatic heterocycles. The molecule has 1 aliphatic rings. The number of carbonyl (C=O) groups is 1. The van der Waals surface area contributed by atoms with E-state index in [1.54, 1.807) is 12.4 Å². The number of aliphatic carboxylic acids is 1. The fraction of sp³-hybridized carbons (Fsp3) is 0.600. The van der Waals surface area contributed by atoms with Crippen LogP contribution in [-0.2, 0) is 11.3 Å². The summed E-state index contributed by atoms with van der Waals surface area (Å²) in [4.78, 5) is 10.5. The van der Waals surface area contributed by atoms with Gasteiger partial charge in [0, 0.05) is 6.54 Å². The fourth-order valence-corrected chi connectivity index (χ4v) is 1.74. The van der Waals surface area contributed by atoms with Gasteiger partial charge in [-0.2, -0.15) is 5.10 Å². The summed E-state index contributed by atoms with van der Waals surface area (Å²) in [5.74, 6) is -0.274. The Morgan fingerprint density at radius 2 is 2.62 bits per heavy atom. The maximum absolute atomic E-state index is 10.5. The number of carboxylic acid groups (broad SMARTS) is 1. The maximum atomic E-state index is 10.5. The van der Waals surface area contributed by atoms with Crippen molar-refractivity contribution >= 4 is 5.97 Å². The topological polar surface area (TPSA) is 76.4 Å². The van der Waals surface area contributed by atoms with Gasteiger partial charge < -0.3 is 15.2 Å². The molecule has 0 saturated carbocycles. The summed E-state index contributed by atoms with van der Waals surface area (Å²) >= 11 is 0. The average molecular weight is 225 g/mol. The Bertz CT molecular complexity index is 358. The predicted octanol–water partition coefficient (Wildman–Crippen LogP) is 0.0985. The first-order valence-corrected chi connectivity index (χ1v) is 5.35. The molecular weight excluding hydrogens is 210 g/mol. The minimum atomic E-state index is -0.908. The summed E-state index contributed by atoms with van der Waals surface area (Å²) in [6, 6.07) is 0. The standard InChI is InChI=1S/C10H15N3O3/c14-10(15)7-13-6-9(5-12-13)16-8-2-1-3-11-4-8/h5-6,8,11H,1-4,7H2,(H,14,15). The summed E-state index contributed by atoms with van der Waals surface area (Å²) < 4.78 is 7.03. The lowest BCUT2D eigenvalue weighted by molar-refractivity contribution is -0.137. The second kappa shape index (κ2) is 4.98. The van der Waals surface area contributed by atoms with Crippen LogP contribution in [0.5, 0.6) is 5.75 Å². The van der Waals surface area contributed by atoms with Gasteiger partial charge in [0.2, 0.25) is 0 Å². The van der Waals surface area contributed by atoms with Crippen LogP contribution in [0.4, 0.5) is 0 Å². The SMILES string of the molecule is O=C(O)Cn1cc(OC2CCCNC2)cn1. The fourth-order valence-electron chi connectivity index (χ4n) is 1.74. The van der Waals surface area contributed by atoms with Gasteiger partial charge in [-0.05, 0) is 19.4 Å². The molecule has 1 saturated heterocycles. The van der Waals surface area contributed by atoms with Crippen molar-refractivity contribution in [2.75, 3.05) is 13.1 Å². The van der Waals surface area contributed by atoms with E-state index in [1.165, 1.54) is 4.68 Å². The molecule has 0 bridgehead atoms. The van der Waals surface area contributed by atoms with Crippen molar-refractivity contribution < 1.29 is 14.6 Å². The van der Waals surface area contributed by atoms with Crippen molar-refractivity contribution in [1.29, 1.82) is 0 Å². The first kappa shape index (κ1) is 10.9. The van der Waals surface area contributed by atoms with Crippen LogP contribution in [0.25, 0.3) is 0 Å². The summed E-state index contributed by atoms with van der Waals surface area (Å²) in [7, 11) is 0. The smallest absolute Gasteiger partial charge is 0.325 e. The number of nitrogens with one attached hydrogen (secondary N) is 1. The van der Waals surface area contributed by atoms with Gasteiger partial charge in [0.1, 0.15) is 12.6 Å². The number of ether oxygens (including phenoxy) is 1. The van der Waals surface area contributed by atoms with E-state index in [1.807, 2.05) is 0 Å². The number of carboxylic acids is 1. The van der Waals surface area contributed by atoms with Gasteiger partial charge in [-0.1, -0.05) is 0 Å². The Balaban J connectivity index is 1.88. The van der Waals surface area contributed by atoms with E-state index in [0.717, 1.165) is 25.9 Å². The van der Waals surface area contributed by atoms with E-state index in [2.05, 4.69) is 10.4 Å². The number of piperidine rings is 1. The Morgan fingerprint density at radius 3 is 3.31 bits per heavy atom. The summed E-state index contributed by atoms with van der Waals surface area (Å²) in [5.41, 5.74) is 0. The minimum absolute atomic E-state index is 0.133. The van der Waals surface area contributed by atoms with Crippen LogP contribution in [-0.4, -0.2) is 40.0 Å². The molecule has 0 aromatic carbocycles. The second-order valence-electron chi connectivity index (χ2n) is 3.85. The molecule has 2 N–H and O–H groups in total. The zero-order valence-corrected chi connectivity index (χ0v) is 8.93. The molecule has 6 heteroatoms. The van der Waals surface area contributed by atoms with Crippen LogP contribution in [0, 0.1) is 0 Å². The van der Waals surface area contributed by atoms with Gasteiger partial charge in [0.25, 0.3) is 0 Å². The van der Waals surface area contributed by atoms with Crippen LogP contribution in [0.3, 0.4) is 0 Å². The van der Waals surface area contributed by atoms with Crippen LogP contribution in [0.1, 0.15) is 12.8 Å². The third-order valence-corrected chi connectivity index (χ3v) is 2.46. The van der Waals surface area contributed by atoms with Crippen molar-refractivity contribution in [2.24, 2.45) is 0 Å². The molecule has 6 nitrogen and oxygen atoms in total. The molecule has 1 atom stereocenters. The summed E-state index contributed by atoms with van der Waals surface area (Å²) in [6.45, 7) is 1.74. The van der Waals surface area contributed by atoms with Crippen molar-refractivity contribution in [3.8, 4) is 5.75 Å². The van der Waals surface area contributed by atoms with Crippen molar-refractivity contribution in [3.63, 3.8) is 0 Å². The molecule has 88 valence electrons. The van der Waals surface area contributed by atoms with Crippen molar-refractivity contribution in [3.05, 3.63) is 12.4 Å². The molecular formula is C10H15N3O3. The Labute approximate surface area is 93.2 Å². The van der Waals surface area contributed by atoms with Gasteiger partial charge >= 0.3 is 5.97 Å². The number of aromatic nitrogens is 2. The van der Waals surface area contributed by atoms with E-state index in [-0.39, 0.29) is 12.6 Å². The van der Waals surface area contributed by atoms with Crippen LogP contribution in [0.15, 0.2) is 12.4 Å². The van der Waals surface area contributed by atoms with Gasteiger partial charge in [0.15, 0.2) is 5.75 Å². The summed E-state index contributed by atoms with van der Waals surface area (Å²) in [6.07, 6.45) is 5.46. The highest BCUT2D eigenvalue weighted by Gasteiger charge is 2.15. The van der Waals surface area contributed by atoms with Crippen molar-refractivity contribution in [2.45, 2.75) is 25.5 Å². The highest BCUT2D eigenvalue weighted by Crippen LogP contribution is 2.14. The molecule has 0 amide bonds. The normalized spacial score (nSPS) is 20.6. The molecule has 0 spiro atoms. The molecule has 1 aliphatic heterocycles. The Morgan fingerprint density at radius 1 is 1.75 bits per heavy atom. The van der Waals surface area contributed by atoms with Gasteiger partial charge in [-0.3, -0.25) is 9.48 Å². The number of hydrogen-bond acceptors (Lipinski definition) is 4. The molecule has 1 unspecified atom stereocenters. The Kier molecular flexibility index (Phi) is 3.40. The lowest BCUT2D eigenvalue weighted by atomic mass is 10.1. The highest BCUT2D eigenvalue weighted by atomic mass is 16.5. The molecule has 0 aliphatic carbocycles. The number of hydrogen-bond donors (Lipinski definition) is 2. The van der Waals surface area contributed by atoms with Gasteiger partial charge in [-0.25, -0.2) is 0 Å². The third kappa shape index (κ3) is 2.96. The zero-order valence-electron chi connectivity index (χ0n) is 8.93. The molecule has 2 heterocycles. The van der Waals surface area contributed by atoms with Gasteiger partial charge in [-0.15, -0.1) is 0 Å². The molecule has 0 radical (unpaired) electrons. The van der Waals surface area contributed by atoms with Crippen molar-refractivity contribution in [1.82, 2.24) is 15.1 Å². The average Bonchev–Trinajstić information content (AvgIpc) is 2.66. The third-order valence-electron chi connectivity index (χ3n) is 2.46. The maximum Gasteiger partial charge on any atom is 0.325 e. The molecule has 2 rings (SSSR count). The van der Waals surface area contributed by atoms with E-state index >= 15 is 0 Å².